The summed E-state index contributed by atoms with van der Waals surface area (Å²) in [4.78, 5) is 11.7. The van der Waals surface area contributed by atoms with E-state index >= 15 is 0 Å². The summed E-state index contributed by atoms with van der Waals surface area (Å²) in [6.07, 6.45) is 0.533. The molecule has 0 aliphatic heterocycles. The minimum atomic E-state index is -0.915. The van der Waals surface area contributed by atoms with Crippen LogP contribution in [-0.4, -0.2) is 22.9 Å². The Hall–Kier alpha value is -0.520. The van der Waals surface area contributed by atoms with Crippen molar-refractivity contribution < 1.29 is 9.90 Å². The molecule has 0 aliphatic rings. The number of thiophene rings is 1. The first-order valence-corrected chi connectivity index (χ1v) is 6.32. The zero-order valence-corrected chi connectivity index (χ0v) is 9.31. The molecule has 0 radical (unpaired) electrons. The molecule has 5 heteroatoms. The van der Waals surface area contributed by atoms with Crippen LogP contribution >= 0.6 is 23.1 Å². The van der Waals surface area contributed by atoms with Gasteiger partial charge in [-0.15, -0.1) is 11.3 Å². The zero-order valence-electron chi connectivity index (χ0n) is 7.68. The second-order valence-electron chi connectivity index (χ2n) is 2.87. The van der Waals surface area contributed by atoms with Gasteiger partial charge in [-0.3, -0.25) is 4.79 Å². The molecule has 1 rings (SSSR count). The largest absolute Gasteiger partial charge is 0.480 e. The predicted molar refractivity (Wildman–Crippen MR) is 60.7 cm³/mol. The van der Waals surface area contributed by atoms with Gasteiger partial charge < -0.3 is 10.8 Å². The van der Waals surface area contributed by atoms with Crippen molar-refractivity contribution in [1.82, 2.24) is 0 Å². The summed E-state index contributed by atoms with van der Waals surface area (Å²) in [5.41, 5.74) is 5.37. The molecule has 0 saturated heterocycles. The minimum Gasteiger partial charge on any atom is -0.480 e. The zero-order chi connectivity index (χ0) is 10.4. The molecule has 1 aromatic heterocycles. The van der Waals surface area contributed by atoms with Crippen LogP contribution in [0.2, 0.25) is 0 Å². The molecule has 1 heterocycles. The predicted octanol–water partition coefficient (Wildman–Crippen LogP) is 1.78. The number of carboxylic acids is 1. The van der Waals surface area contributed by atoms with E-state index in [0.717, 1.165) is 11.5 Å². The first kappa shape index (κ1) is 11.6. The van der Waals surface area contributed by atoms with Crippen molar-refractivity contribution >= 4 is 29.1 Å². The molecule has 0 fully saturated rings. The third-order valence-electron chi connectivity index (χ3n) is 1.71. The summed E-state index contributed by atoms with van der Waals surface area (Å²) >= 11 is 3.44. The highest BCUT2D eigenvalue weighted by Crippen LogP contribution is 2.17. The molecular weight excluding hydrogens is 218 g/mol. The Labute approximate surface area is 91.3 Å². The average molecular weight is 231 g/mol. The maximum absolute atomic E-state index is 10.4. The molecule has 0 saturated carbocycles. The van der Waals surface area contributed by atoms with Crippen LogP contribution in [0.15, 0.2) is 17.5 Å². The lowest BCUT2D eigenvalue weighted by molar-refractivity contribution is -0.138. The summed E-state index contributed by atoms with van der Waals surface area (Å²) in [5.74, 6) is 0.830. The topological polar surface area (TPSA) is 63.3 Å². The average Bonchev–Trinajstić information content (AvgIpc) is 2.64. The molecule has 1 aromatic rings. The molecule has 3 nitrogen and oxygen atoms in total. The van der Waals surface area contributed by atoms with E-state index < -0.39 is 12.0 Å². The monoisotopic (exact) mass is 231 g/mol. The van der Waals surface area contributed by atoms with Gasteiger partial charge >= 0.3 is 5.97 Å². The Balaban J connectivity index is 2.08. The molecule has 1 unspecified atom stereocenters. The number of rotatable bonds is 6. The molecule has 1 atom stereocenters. The third kappa shape index (κ3) is 4.13. The Morgan fingerprint density at radius 2 is 2.50 bits per heavy atom. The Morgan fingerprint density at radius 1 is 1.71 bits per heavy atom. The lowest BCUT2D eigenvalue weighted by Crippen LogP contribution is -2.30. The lowest BCUT2D eigenvalue weighted by Gasteiger charge is -2.04. The van der Waals surface area contributed by atoms with Gasteiger partial charge in [-0.1, -0.05) is 6.07 Å². The van der Waals surface area contributed by atoms with Gasteiger partial charge in [0.05, 0.1) is 0 Å². The van der Waals surface area contributed by atoms with Crippen LogP contribution in [0.5, 0.6) is 0 Å². The fourth-order valence-electron chi connectivity index (χ4n) is 0.901. The van der Waals surface area contributed by atoms with Crippen LogP contribution < -0.4 is 5.73 Å². The molecule has 14 heavy (non-hydrogen) atoms. The highest BCUT2D eigenvalue weighted by molar-refractivity contribution is 7.98. The van der Waals surface area contributed by atoms with E-state index in [1.165, 1.54) is 4.88 Å². The molecule has 78 valence electrons. The van der Waals surface area contributed by atoms with Crippen LogP contribution in [0.25, 0.3) is 0 Å². The molecule has 3 N–H and O–H groups in total. The summed E-state index contributed by atoms with van der Waals surface area (Å²) < 4.78 is 0. The standard InChI is InChI=1S/C9H13NO2S2/c10-8(9(11)12)3-5-13-6-7-2-1-4-14-7/h1-2,4,8H,3,5-6,10H2,(H,11,12). The summed E-state index contributed by atoms with van der Waals surface area (Å²) in [5, 5.41) is 10.6. The first-order chi connectivity index (χ1) is 6.70. The summed E-state index contributed by atoms with van der Waals surface area (Å²) in [6.45, 7) is 0. The van der Waals surface area contributed by atoms with Crippen molar-refractivity contribution in [2.45, 2.75) is 18.2 Å². The van der Waals surface area contributed by atoms with Crippen molar-refractivity contribution in [2.24, 2.45) is 5.73 Å². The van der Waals surface area contributed by atoms with Gasteiger partial charge in [0.1, 0.15) is 6.04 Å². The van der Waals surface area contributed by atoms with E-state index in [2.05, 4.69) is 6.07 Å². The smallest absolute Gasteiger partial charge is 0.320 e. The van der Waals surface area contributed by atoms with Gasteiger partial charge in [0.25, 0.3) is 0 Å². The Morgan fingerprint density at radius 3 is 3.07 bits per heavy atom. The third-order valence-corrected chi connectivity index (χ3v) is 3.81. The second kappa shape index (κ2) is 6.06. The highest BCUT2D eigenvalue weighted by atomic mass is 32.2. The molecule has 0 aromatic carbocycles. The maximum Gasteiger partial charge on any atom is 0.320 e. The van der Waals surface area contributed by atoms with Gasteiger partial charge in [0, 0.05) is 10.6 Å². The van der Waals surface area contributed by atoms with Crippen molar-refractivity contribution in [1.29, 1.82) is 0 Å². The second-order valence-corrected chi connectivity index (χ2v) is 5.00. The van der Waals surface area contributed by atoms with E-state index in [-0.39, 0.29) is 0 Å². The number of aliphatic carboxylic acids is 1. The number of thioether (sulfide) groups is 1. The van der Waals surface area contributed by atoms with Gasteiger partial charge in [0.15, 0.2) is 0 Å². The van der Waals surface area contributed by atoms with Crippen molar-refractivity contribution in [3.8, 4) is 0 Å². The number of carboxylic acid groups (broad SMARTS) is 1. The molecular formula is C9H13NO2S2. The van der Waals surface area contributed by atoms with Gasteiger partial charge in [0.2, 0.25) is 0 Å². The molecule has 0 spiro atoms. The van der Waals surface area contributed by atoms with Gasteiger partial charge in [-0.2, -0.15) is 11.8 Å². The van der Waals surface area contributed by atoms with Crippen LogP contribution in [0.4, 0.5) is 0 Å². The highest BCUT2D eigenvalue weighted by Gasteiger charge is 2.10. The number of hydrogen-bond acceptors (Lipinski definition) is 4. The summed E-state index contributed by atoms with van der Waals surface area (Å²) in [7, 11) is 0. The molecule has 0 amide bonds. The lowest BCUT2D eigenvalue weighted by atomic mass is 10.2. The van der Waals surface area contributed by atoms with Crippen molar-refractivity contribution in [3.05, 3.63) is 22.4 Å². The van der Waals surface area contributed by atoms with Crippen LogP contribution in [0.3, 0.4) is 0 Å². The van der Waals surface area contributed by atoms with E-state index in [1.807, 2.05) is 11.4 Å². The van der Waals surface area contributed by atoms with Crippen LogP contribution in [-0.2, 0) is 10.5 Å². The number of carbonyl (C=O) groups is 1. The Kier molecular flexibility index (Phi) is 5.00. The van der Waals surface area contributed by atoms with Crippen LogP contribution in [0.1, 0.15) is 11.3 Å². The van der Waals surface area contributed by atoms with E-state index in [4.69, 9.17) is 10.8 Å². The number of nitrogens with two attached hydrogens (primary N) is 1. The first-order valence-electron chi connectivity index (χ1n) is 4.28. The fraction of sp³-hybridized carbons (Fsp3) is 0.444. The van der Waals surface area contributed by atoms with E-state index in [1.54, 1.807) is 23.1 Å². The minimum absolute atomic E-state index is 0.533. The van der Waals surface area contributed by atoms with E-state index in [0.29, 0.717) is 6.42 Å². The van der Waals surface area contributed by atoms with Crippen molar-refractivity contribution in [3.63, 3.8) is 0 Å². The maximum atomic E-state index is 10.4. The quantitative estimate of drug-likeness (QED) is 0.733. The molecule has 0 aliphatic carbocycles. The van der Waals surface area contributed by atoms with Crippen LogP contribution in [0, 0.1) is 0 Å². The summed E-state index contributed by atoms with van der Waals surface area (Å²) in [6, 6.07) is 3.38. The van der Waals surface area contributed by atoms with Crippen molar-refractivity contribution in [2.75, 3.05) is 5.75 Å². The normalized spacial score (nSPS) is 12.6. The SMILES string of the molecule is NC(CCSCc1cccs1)C(=O)O. The van der Waals surface area contributed by atoms with Gasteiger partial charge in [-0.05, 0) is 23.6 Å². The molecule has 0 bridgehead atoms. The van der Waals surface area contributed by atoms with Gasteiger partial charge in [-0.25, -0.2) is 0 Å². The number of hydrogen-bond donors (Lipinski definition) is 2. The van der Waals surface area contributed by atoms with E-state index in [9.17, 15) is 4.79 Å². The fourth-order valence-corrected chi connectivity index (χ4v) is 2.77. The Bertz CT molecular complexity index is 274.